The van der Waals surface area contributed by atoms with E-state index in [0.29, 0.717) is 6.54 Å². The van der Waals surface area contributed by atoms with Crippen molar-refractivity contribution in [2.45, 2.75) is 12.6 Å². The second-order valence-corrected chi connectivity index (χ2v) is 6.94. The van der Waals surface area contributed by atoms with Crippen molar-refractivity contribution in [3.63, 3.8) is 0 Å². The molecule has 28 heavy (non-hydrogen) atoms. The lowest BCUT2D eigenvalue weighted by atomic mass is 10.0. The Kier molecular flexibility index (Phi) is 6.60. The molecule has 1 heterocycles. The lowest BCUT2D eigenvalue weighted by Gasteiger charge is -2.40. The molecule has 0 saturated carbocycles. The van der Waals surface area contributed by atoms with Gasteiger partial charge < -0.3 is 20.4 Å². The van der Waals surface area contributed by atoms with Crippen molar-refractivity contribution in [2.24, 2.45) is 0 Å². The van der Waals surface area contributed by atoms with E-state index in [1.165, 1.54) is 12.1 Å². The van der Waals surface area contributed by atoms with Gasteiger partial charge in [-0.3, -0.25) is 4.79 Å². The molecule has 0 aromatic heterocycles. The quantitative estimate of drug-likeness (QED) is 0.830. The van der Waals surface area contributed by atoms with E-state index in [-0.39, 0.29) is 30.9 Å². The Bertz CT molecular complexity index is 798. The highest BCUT2D eigenvalue weighted by Crippen LogP contribution is 2.24. The van der Waals surface area contributed by atoms with Gasteiger partial charge in [0.05, 0.1) is 12.6 Å². The van der Waals surface area contributed by atoms with Crippen molar-refractivity contribution in [2.75, 3.05) is 33.2 Å². The summed E-state index contributed by atoms with van der Waals surface area (Å²) in [4.78, 5) is 28.8. The monoisotopic (exact) mass is 384 g/mol. The summed E-state index contributed by atoms with van der Waals surface area (Å²) in [5, 5.41) is 5.29. The van der Waals surface area contributed by atoms with E-state index in [1.54, 1.807) is 12.1 Å². The summed E-state index contributed by atoms with van der Waals surface area (Å²) in [6, 6.07) is 15.4. The number of carbonyl (C=O) groups excluding carboxylic acids is 2. The summed E-state index contributed by atoms with van der Waals surface area (Å²) in [5.74, 6) is -0.433. The smallest absolute Gasteiger partial charge is 0.315 e. The second kappa shape index (κ2) is 9.32. The van der Waals surface area contributed by atoms with Crippen molar-refractivity contribution in [3.05, 3.63) is 71.5 Å². The number of likely N-dealkylation sites (N-methyl/N-ethyl adjacent to an activating group) is 1. The van der Waals surface area contributed by atoms with Gasteiger partial charge in [0.25, 0.3) is 0 Å². The minimum Gasteiger partial charge on any atom is -0.334 e. The maximum atomic E-state index is 12.9. The molecule has 1 aliphatic heterocycles. The zero-order chi connectivity index (χ0) is 19.9. The number of rotatable bonds is 5. The fraction of sp³-hybridized carbons (Fsp3) is 0.333. The van der Waals surface area contributed by atoms with E-state index in [1.807, 2.05) is 42.3 Å². The number of carbonyl (C=O) groups is 2. The number of halogens is 1. The molecule has 6 nitrogen and oxygen atoms in total. The molecule has 0 unspecified atom stereocenters. The molecular formula is C21H25FN4O2. The maximum Gasteiger partial charge on any atom is 0.315 e. The summed E-state index contributed by atoms with van der Waals surface area (Å²) in [5.41, 5.74) is 1.87. The van der Waals surface area contributed by atoms with Crippen LogP contribution >= 0.6 is 0 Å². The largest absolute Gasteiger partial charge is 0.334 e. The molecule has 3 amide bonds. The van der Waals surface area contributed by atoms with Gasteiger partial charge in [-0.1, -0.05) is 42.5 Å². The van der Waals surface area contributed by atoms with Gasteiger partial charge in [0.1, 0.15) is 5.82 Å². The third-order valence-corrected chi connectivity index (χ3v) is 4.85. The van der Waals surface area contributed by atoms with Gasteiger partial charge in [-0.05, 0) is 30.3 Å². The topological polar surface area (TPSA) is 64.7 Å². The number of urea groups is 1. The number of nitrogens with one attached hydrogen (secondary N) is 2. The first kappa shape index (κ1) is 19.8. The second-order valence-electron chi connectivity index (χ2n) is 6.94. The van der Waals surface area contributed by atoms with Crippen LogP contribution < -0.4 is 10.6 Å². The minimum atomic E-state index is -0.428. The number of amides is 3. The van der Waals surface area contributed by atoms with Gasteiger partial charge in [0.2, 0.25) is 5.91 Å². The Morgan fingerprint density at radius 3 is 2.46 bits per heavy atom. The zero-order valence-electron chi connectivity index (χ0n) is 15.9. The standard InChI is InChI=1S/C21H25FN4O2/c1-25-11-12-26(19(15-25)17-5-3-2-4-6-17)20(27)14-24-21(28)23-13-16-7-9-18(22)10-8-16/h2-10,19H,11-15H2,1H3,(H2,23,24,28)/t19-/m1/s1. The van der Waals surface area contributed by atoms with E-state index in [2.05, 4.69) is 15.5 Å². The van der Waals surface area contributed by atoms with Crippen LogP contribution in [0.5, 0.6) is 0 Å². The predicted molar refractivity (Wildman–Crippen MR) is 105 cm³/mol. The van der Waals surface area contributed by atoms with Gasteiger partial charge >= 0.3 is 6.03 Å². The summed E-state index contributed by atoms with van der Waals surface area (Å²) in [7, 11) is 2.04. The summed E-state index contributed by atoms with van der Waals surface area (Å²) in [6.45, 7) is 2.37. The molecule has 0 spiro atoms. The molecule has 148 valence electrons. The van der Waals surface area contributed by atoms with Crippen LogP contribution in [0.25, 0.3) is 0 Å². The van der Waals surface area contributed by atoms with Gasteiger partial charge in [-0.25, -0.2) is 9.18 Å². The van der Waals surface area contributed by atoms with E-state index < -0.39 is 6.03 Å². The predicted octanol–water partition coefficient (Wildman–Crippen LogP) is 2.14. The van der Waals surface area contributed by atoms with Gasteiger partial charge in [-0.2, -0.15) is 0 Å². The number of benzene rings is 2. The Morgan fingerprint density at radius 1 is 1.04 bits per heavy atom. The van der Waals surface area contributed by atoms with E-state index in [0.717, 1.165) is 24.2 Å². The molecule has 0 aliphatic carbocycles. The Morgan fingerprint density at radius 2 is 1.75 bits per heavy atom. The molecule has 2 aromatic carbocycles. The molecule has 2 N–H and O–H groups in total. The molecule has 1 atom stereocenters. The molecule has 1 fully saturated rings. The van der Waals surface area contributed by atoms with E-state index >= 15 is 0 Å². The van der Waals surface area contributed by atoms with Crippen molar-refractivity contribution in [3.8, 4) is 0 Å². The van der Waals surface area contributed by atoms with E-state index in [9.17, 15) is 14.0 Å². The number of piperazine rings is 1. The van der Waals surface area contributed by atoms with Crippen LogP contribution in [0.1, 0.15) is 17.2 Å². The molecule has 7 heteroatoms. The van der Waals surface area contributed by atoms with Gasteiger partial charge in [0.15, 0.2) is 0 Å². The zero-order valence-corrected chi connectivity index (χ0v) is 15.9. The number of hydrogen-bond acceptors (Lipinski definition) is 3. The summed E-state index contributed by atoms with van der Waals surface area (Å²) < 4.78 is 12.9. The normalized spacial score (nSPS) is 17.2. The highest BCUT2D eigenvalue weighted by atomic mass is 19.1. The van der Waals surface area contributed by atoms with Crippen LogP contribution in [0.15, 0.2) is 54.6 Å². The van der Waals surface area contributed by atoms with Crippen LogP contribution in [0.2, 0.25) is 0 Å². The lowest BCUT2D eigenvalue weighted by molar-refractivity contribution is -0.135. The number of hydrogen-bond donors (Lipinski definition) is 2. The van der Waals surface area contributed by atoms with Gasteiger partial charge in [-0.15, -0.1) is 0 Å². The summed E-state index contributed by atoms with van der Waals surface area (Å²) in [6.07, 6.45) is 0. The van der Waals surface area contributed by atoms with Crippen LogP contribution in [-0.4, -0.2) is 55.0 Å². The fourth-order valence-corrected chi connectivity index (χ4v) is 3.28. The highest BCUT2D eigenvalue weighted by molar-refractivity contribution is 5.84. The minimum absolute atomic E-state index is 0.0310. The molecule has 0 radical (unpaired) electrons. The third kappa shape index (κ3) is 5.29. The van der Waals surface area contributed by atoms with E-state index in [4.69, 9.17) is 0 Å². The van der Waals surface area contributed by atoms with Crippen LogP contribution in [0.4, 0.5) is 9.18 Å². The van der Waals surface area contributed by atoms with Crippen LogP contribution in [0, 0.1) is 5.82 Å². The highest BCUT2D eigenvalue weighted by Gasteiger charge is 2.30. The SMILES string of the molecule is CN1CCN(C(=O)CNC(=O)NCc2ccc(F)cc2)[C@@H](c2ccccc2)C1. The number of nitrogens with zero attached hydrogens (tertiary/aromatic N) is 2. The van der Waals surface area contributed by atoms with Crippen molar-refractivity contribution in [1.29, 1.82) is 0 Å². The third-order valence-electron chi connectivity index (χ3n) is 4.85. The molecule has 1 aliphatic rings. The van der Waals surface area contributed by atoms with Crippen LogP contribution in [0.3, 0.4) is 0 Å². The summed E-state index contributed by atoms with van der Waals surface area (Å²) >= 11 is 0. The fourth-order valence-electron chi connectivity index (χ4n) is 3.28. The first-order valence-corrected chi connectivity index (χ1v) is 9.32. The average Bonchev–Trinajstić information content (AvgIpc) is 2.72. The molecule has 2 aromatic rings. The Labute approximate surface area is 164 Å². The lowest BCUT2D eigenvalue weighted by Crippen LogP contribution is -2.52. The molecule has 0 bridgehead atoms. The Hall–Kier alpha value is -2.93. The molecular weight excluding hydrogens is 359 g/mol. The van der Waals surface area contributed by atoms with Crippen molar-refractivity contribution in [1.82, 2.24) is 20.4 Å². The molecule has 1 saturated heterocycles. The average molecular weight is 384 g/mol. The van der Waals surface area contributed by atoms with Gasteiger partial charge in [0, 0.05) is 26.2 Å². The van der Waals surface area contributed by atoms with Crippen molar-refractivity contribution >= 4 is 11.9 Å². The van der Waals surface area contributed by atoms with Crippen LogP contribution in [-0.2, 0) is 11.3 Å². The maximum absolute atomic E-state index is 12.9. The Balaban J connectivity index is 1.52. The first-order chi connectivity index (χ1) is 13.5. The molecule has 3 rings (SSSR count). The first-order valence-electron chi connectivity index (χ1n) is 9.32. The van der Waals surface area contributed by atoms with Crippen molar-refractivity contribution < 1.29 is 14.0 Å².